The second-order valence-corrected chi connectivity index (χ2v) is 5.83. The van der Waals surface area contributed by atoms with Crippen LogP contribution in [0.3, 0.4) is 0 Å². The number of aromatic amines is 1. The van der Waals surface area contributed by atoms with E-state index in [9.17, 15) is 4.79 Å². The van der Waals surface area contributed by atoms with Crippen LogP contribution in [0.15, 0.2) is 24.8 Å². The van der Waals surface area contributed by atoms with E-state index in [1.165, 1.54) is 0 Å². The van der Waals surface area contributed by atoms with Gasteiger partial charge >= 0.3 is 0 Å². The van der Waals surface area contributed by atoms with E-state index in [0.29, 0.717) is 6.42 Å². The number of hydrogen-bond acceptors (Lipinski definition) is 4. The molecule has 1 fully saturated rings. The first-order valence-corrected chi connectivity index (χ1v) is 7.64. The second-order valence-electron chi connectivity index (χ2n) is 5.83. The van der Waals surface area contributed by atoms with Gasteiger partial charge in [0.05, 0.1) is 6.20 Å². The Labute approximate surface area is 129 Å². The number of nitrogens with one attached hydrogen (secondary N) is 1. The van der Waals surface area contributed by atoms with Gasteiger partial charge in [-0.1, -0.05) is 6.92 Å². The molecular weight excluding hydrogens is 280 g/mol. The van der Waals surface area contributed by atoms with Gasteiger partial charge in [-0.15, -0.1) is 0 Å². The molecule has 1 aliphatic heterocycles. The van der Waals surface area contributed by atoms with Crippen molar-refractivity contribution in [2.24, 2.45) is 7.05 Å². The average molecular weight is 302 g/mol. The van der Waals surface area contributed by atoms with Crippen LogP contribution in [0, 0.1) is 0 Å². The summed E-state index contributed by atoms with van der Waals surface area (Å²) in [4.78, 5) is 23.9. The Morgan fingerprint density at radius 3 is 2.73 bits per heavy atom. The molecule has 1 N–H and O–H groups in total. The minimum atomic E-state index is 0.198. The molecule has 0 aliphatic carbocycles. The van der Waals surface area contributed by atoms with Gasteiger partial charge in [0.1, 0.15) is 0 Å². The maximum absolute atomic E-state index is 12.4. The number of aromatic nitrogens is 4. The van der Waals surface area contributed by atoms with Gasteiger partial charge in [0.15, 0.2) is 0 Å². The number of aryl methyl sites for hydroxylation is 1. The number of piperazine rings is 1. The Bertz CT molecular complexity index is 612. The molecule has 1 amide bonds. The molecule has 7 nitrogen and oxygen atoms in total. The normalized spacial score (nSPS) is 16.8. The first-order chi connectivity index (χ1) is 10.6. The van der Waals surface area contributed by atoms with Crippen molar-refractivity contribution < 1.29 is 4.79 Å². The lowest BCUT2D eigenvalue weighted by molar-refractivity contribution is -0.131. The first kappa shape index (κ1) is 14.6. The number of carbonyl (C=O) groups is 1. The van der Waals surface area contributed by atoms with Crippen molar-refractivity contribution in [3.05, 3.63) is 30.4 Å². The van der Waals surface area contributed by atoms with Crippen LogP contribution >= 0.6 is 0 Å². The monoisotopic (exact) mass is 302 g/mol. The summed E-state index contributed by atoms with van der Waals surface area (Å²) < 4.78 is 1.78. The van der Waals surface area contributed by atoms with Gasteiger partial charge in [-0.2, -0.15) is 5.10 Å². The summed E-state index contributed by atoms with van der Waals surface area (Å²) in [7, 11) is 1.89. The van der Waals surface area contributed by atoms with Crippen molar-refractivity contribution in [1.29, 1.82) is 0 Å². The van der Waals surface area contributed by atoms with Gasteiger partial charge < -0.3 is 14.8 Å². The predicted molar refractivity (Wildman–Crippen MR) is 83.6 cm³/mol. The lowest BCUT2D eigenvalue weighted by atomic mass is 10.0. The van der Waals surface area contributed by atoms with Crippen LogP contribution in [0.5, 0.6) is 0 Å². The Balaban J connectivity index is 1.51. The molecule has 0 aromatic carbocycles. The topological polar surface area (TPSA) is 70.1 Å². The van der Waals surface area contributed by atoms with Crippen molar-refractivity contribution in [1.82, 2.24) is 24.6 Å². The fourth-order valence-electron chi connectivity index (χ4n) is 2.80. The number of amides is 1. The van der Waals surface area contributed by atoms with Crippen LogP contribution < -0.4 is 4.90 Å². The molecule has 0 bridgehead atoms. The molecule has 22 heavy (non-hydrogen) atoms. The molecule has 0 spiro atoms. The molecular formula is C15H22N6O. The molecule has 0 radical (unpaired) electrons. The summed E-state index contributed by atoms with van der Waals surface area (Å²) in [5, 5.41) is 4.17. The maximum Gasteiger partial charge on any atom is 0.223 e. The average Bonchev–Trinajstić information content (AvgIpc) is 3.18. The van der Waals surface area contributed by atoms with E-state index in [1.54, 1.807) is 10.9 Å². The summed E-state index contributed by atoms with van der Waals surface area (Å²) in [6.45, 7) is 5.22. The van der Waals surface area contributed by atoms with E-state index >= 15 is 0 Å². The quantitative estimate of drug-likeness (QED) is 0.914. The number of anilines is 1. The molecule has 1 unspecified atom stereocenters. The zero-order valence-corrected chi connectivity index (χ0v) is 13.1. The first-order valence-electron chi connectivity index (χ1n) is 7.64. The van der Waals surface area contributed by atoms with Crippen molar-refractivity contribution in [2.75, 3.05) is 31.1 Å². The van der Waals surface area contributed by atoms with Crippen LogP contribution in [0.25, 0.3) is 0 Å². The Morgan fingerprint density at radius 1 is 1.36 bits per heavy atom. The highest BCUT2D eigenvalue weighted by atomic mass is 16.2. The number of imidazole rings is 1. The van der Waals surface area contributed by atoms with Crippen LogP contribution in [-0.4, -0.2) is 56.7 Å². The fraction of sp³-hybridized carbons (Fsp3) is 0.533. The second kappa shape index (κ2) is 6.21. The zero-order chi connectivity index (χ0) is 15.5. The largest absolute Gasteiger partial charge is 0.339 e. The molecule has 1 aliphatic rings. The zero-order valence-electron chi connectivity index (χ0n) is 13.1. The molecule has 7 heteroatoms. The van der Waals surface area contributed by atoms with E-state index in [-0.39, 0.29) is 11.8 Å². The van der Waals surface area contributed by atoms with Crippen LogP contribution in [0.2, 0.25) is 0 Å². The highest BCUT2D eigenvalue weighted by Crippen LogP contribution is 2.20. The standard InChI is InChI=1S/C15H22N6O/c1-12(13-10-18-19(2)11-13)9-14(22)20-5-7-21(8-6-20)15-16-3-4-17-15/h3-4,10-12H,5-9H2,1-2H3,(H,16,17). The summed E-state index contributed by atoms with van der Waals surface area (Å²) >= 11 is 0. The highest BCUT2D eigenvalue weighted by molar-refractivity contribution is 5.77. The van der Waals surface area contributed by atoms with Gasteiger partial charge in [0.2, 0.25) is 11.9 Å². The summed E-state index contributed by atoms with van der Waals surface area (Å²) in [5.41, 5.74) is 1.12. The minimum absolute atomic E-state index is 0.198. The van der Waals surface area contributed by atoms with E-state index in [2.05, 4.69) is 26.9 Å². The van der Waals surface area contributed by atoms with Crippen molar-refractivity contribution >= 4 is 11.9 Å². The van der Waals surface area contributed by atoms with Gasteiger partial charge in [-0.05, 0) is 11.5 Å². The fourth-order valence-corrected chi connectivity index (χ4v) is 2.80. The molecule has 0 saturated carbocycles. The van der Waals surface area contributed by atoms with E-state index in [4.69, 9.17) is 0 Å². The predicted octanol–water partition coefficient (Wildman–Crippen LogP) is 0.986. The van der Waals surface area contributed by atoms with E-state index < -0.39 is 0 Å². The van der Waals surface area contributed by atoms with Crippen molar-refractivity contribution in [3.8, 4) is 0 Å². The van der Waals surface area contributed by atoms with Gasteiger partial charge in [0, 0.05) is 58.2 Å². The Hall–Kier alpha value is -2.31. The highest BCUT2D eigenvalue weighted by Gasteiger charge is 2.24. The van der Waals surface area contributed by atoms with Gasteiger partial charge in [0.25, 0.3) is 0 Å². The molecule has 118 valence electrons. The lowest BCUT2D eigenvalue weighted by Gasteiger charge is -2.35. The number of H-pyrrole nitrogens is 1. The van der Waals surface area contributed by atoms with Gasteiger partial charge in [-0.3, -0.25) is 9.48 Å². The minimum Gasteiger partial charge on any atom is -0.339 e. The molecule has 1 atom stereocenters. The van der Waals surface area contributed by atoms with Crippen molar-refractivity contribution in [2.45, 2.75) is 19.3 Å². The smallest absolute Gasteiger partial charge is 0.223 e. The molecule has 2 aromatic heterocycles. The third-order valence-corrected chi connectivity index (χ3v) is 4.19. The third-order valence-electron chi connectivity index (χ3n) is 4.19. The number of hydrogen-bond donors (Lipinski definition) is 1. The van der Waals surface area contributed by atoms with E-state index in [1.807, 2.05) is 30.5 Å². The Kier molecular flexibility index (Phi) is 4.13. The number of nitrogens with zero attached hydrogens (tertiary/aromatic N) is 5. The Morgan fingerprint density at radius 2 is 2.14 bits per heavy atom. The lowest BCUT2D eigenvalue weighted by Crippen LogP contribution is -2.49. The molecule has 1 saturated heterocycles. The number of rotatable bonds is 4. The maximum atomic E-state index is 12.4. The van der Waals surface area contributed by atoms with Gasteiger partial charge in [-0.25, -0.2) is 4.98 Å². The molecule has 2 aromatic rings. The van der Waals surface area contributed by atoms with Crippen molar-refractivity contribution in [3.63, 3.8) is 0 Å². The summed E-state index contributed by atoms with van der Waals surface area (Å²) in [6, 6.07) is 0. The van der Waals surface area contributed by atoms with E-state index in [0.717, 1.165) is 37.7 Å². The third kappa shape index (κ3) is 3.13. The summed E-state index contributed by atoms with van der Waals surface area (Å²) in [5.74, 6) is 1.30. The number of carbonyl (C=O) groups excluding carboxylic acids is 1. The SMILES string of the molecule is CC(CC(=O)N1CCN(c2ncc[nH]2)CC1)c1cnn(C)c1. The van der Waals surface area contributed by atoms with Crippen LogP contribution in [0.4, 0.5) is 5.95 Å². The van der Waals surface area contributed by atoms with Crippen LogP contribution in [-0.2, 0) is 11.8 Å². The van der Waals surface area contributed by atoms with Crippen LogP contribution in [0.1, 0.15) is 24.8 Å². The molecule has 3 heterocycles. The summed E-state index contributed by atoms with van der Waals surface area (Å²) in [6.07, 6.45) is 7.93. The molecule has 3 rings (SSSR count).